The van der Waals surface area contributed by atoms with Gasteiger partial charge in [-0.05, 0) is 37.6 Å². The standard InChI is InChI=1S/C16H32N2O/c1-4-9-17-15-14(7-5-8-16(15,2)3)18-10-6-12-19-13-11-18/h14-15,17H,4-13H2,1-3H3. The largest absolute Gasteiger partial charge is 0.380 e. The lowest BCUT2D eigenvalue weighted by molar-refractivity contribution is 0.0455. The number of hydrogen-bond donors (Lipinski definition) is 1. The first-order valence-corrected chi connectivity index (χ1v) is 8.20. The number of hydrogen-bond acceptors (Lipinski definition) is 3. The fourth-order valence-corrected chi connectivity index (χ4v) is 3.81. The van der Waals surface area contributed by atoms with Gasteiger partial charge in [-0.3, -0.25) is 4.90 Å². The molecule has 0 radical (unpaired) electrons. The SMILES string of the molecule is CCCNC1C(N2CCCOCC2)CCCC1(C)C. The molecule has 2 atom stereocenters. The van der Waals surface area contributed by atoms with Gasteiger partial charge in [-0.1, -0.05) is 27.2 Å². The lowest BCUT2D eigenvalue weighted by Crippen LogP contribution is -2.59. The Morgan fingerprint density at radius 2 is 2.05 bits per heavy atom. The molecule has 0 aromatic carbocycles. The lowest BCUT2D eigenvalue weighted by Gasteiger charge is -2.48. The molecule has 2 aliphatic rings. The maximum atomic E-state index is 5.62. The third-order valence-corrected chi connectivity index (χ3v) is 4.89. The maximum Gasteiger partial charge on any atom is 0.0593 e. The summed E-state index contributed by atoms with van der Waals surface area (Å²) in [5.41, 5.74) is 0.422. The van der Waals surface area contributed by atoms with Crippen molar-refractivity contribution in [3.8, 4) is 0 Å². The number of nitrogens with one attached hydrogen (secondary N) is 1. The summed E-state index contributed by atoms with van der Waals surface area (Å²) in [4.78, 5) is 2.70. The van der Waals surface area contributed by atoms with Gasteiger partial charge in [0.15, 0.2) is 0 Å². The summed E-state index contributed by atoms with van der Waals surface area (Å²) in [6.07, 6.45) is 6.50. The van der Waals surface area contributed by atoms with Crippen LogP contribution in [0.4, 0.5) is 0 Å². The molecular weight excluding hydrogens is 236 g/mol. The van der Waals surface area contributed by atoms with Gasteiger partial charge in [0.25, 0.3) is 0 Å². The highest BCUT2D eigenvalue weighted by molar-refractivity contribution is 4.98. The summed E-state index contributed by atoms with van der Waals surface area (Å²) in [5, 5.41) is 3.85. The van der Waals surface area contributed by atoms with Crippen LogP contribution in [-0.4, -0.2) is 49.8 Å². The normalized spacial score (nSPS) is 33.0. The van der Waals surface area contributed by atoms with E-state index >= 15 is 0 Å². The molecule has 0 aromatic rings. The fourth-order valence-electron chi connectivity index (χ4n) is 3.81. The summed E-state index contributed by atoms with van der Waals surface area (Å²) in [6, 6.07) is 1.34. The van der Waals surface area contributed by atoms with E-state index in [-0.39, 0.29) is 0 Å². The molecular formula is C16H32N2O. The molecule has 1 aliphatic carbocycles. The smallest absolute Gasteiger partial charge is 0.0593 e. The molecule has 1 heterocycles. The first kappa shape index (κ1) is 15.3. The van der Waals surface area contributed by atoms with E-state index in [0.29, 0.717) is 17.5 Å². The van der Waals surface area contributed by atoms with Crippen LogP contribution in [0.15, 0.2) is 0 Å². The second-order valence-corrected chi connectivity index (χ2v) is 6.88. The molecule has 0 bridgehead atoms. The molecule has 2 fully saturated rings. The molecule has 112 valence electrons. The monoisotopic (exact) mass is 268 g/mol. The molecule has 0 spiro atoms. The zero-order valence-corrected chi connectivity index (χ0v) is 13.1. The van der Waals surface area contributed by atoms with Gasteiger partial charge in [-0.2, -0.15) is 0 Å². The minimum atomic E-state index is 0.422. The van der Waals surface area contributed by atoms with Gasteiger partial charge in [0, 0.05) is 31.8 Å². The Balaban J connectivity index is 2.05. The fraction of sp³-hybridized carbons (Fsp3) is 1.00. The molecule has 1 saturated carbocycles. The van der Waals surface area contributed by atoms with E-state index < -0.39 is 0 Å². The van der Waals surface area contributed by atoms with Crippen molar-refractivity contribution in [3.63, 3.8) is 0 Å². The predicted octanol–water partition coefficient (Wildman–Crippen LogP) is 2.66. The molecule has 3 heteroatoms. The van der Waals surface area contributed by atoms with Crippen LogP contribution < -0.4 is 5.32 Å². The van der Waals surface area contributed by atoms with Gasteiger partial charge in [0.05, 0.1) is 6.61 Å². The second kappa shape index (κ2) is 7.05. The average molecular weight is 268 g/mol. The summed E-state index contributed by atoms with van der Waals surface area (Å²) < 4.78 is 5.62. The van der Waals surface area contributed by atoms with Gasteiger partial charge in [0.2, 0.25) is 0 Å². The Hall–Kier alpha value is -0.120. The third-order valence-electron chi connectivity index (χ3n) is 4.89. The zero-order chi connectivity index (χ0) is 13.7. The van der Waals surface area contributed by atoms with Gasteiger partial charge >= 0.3 is 0 Å². The molecule has 2 rings (SSSR count). The minimum Gasteiger partial charge on any atom is -0.380 e. The van der Waals surface area contributed by atoms with Gasteiger partial charge in [-0.25, -0.2) is 0 Å². The van der Waals surface area contributed by atoms with Crippen molar-refractivity contribution in [3.05, 3.63) is 0 Å². The van der Waals surface area contributed by atoms with Crippen molar-refractivity contribution in [2.45, 2.75) is 65.0 Å². The summed E-state index contributed by atoms with van der Waals surface area (Å²) in [5.74, 6) is 0. The Bertz CT molecular complexity index is 259. The van der Waals surface area contributed by atoms with Crippen molar-refractivity contribution in [2.24, 2.45) is 5.41 Å². The van der Waals surface area contributed by atoms with E-state index in [1.54, 1.807) is 0 Å². The number of nitrogens with zero attached hydrogens (tertiary/aromatic N) is 1. The van der Waals surface area contributed by atoms with Gasteiger partial charge in [-0.15, -0.1) is 0 Å². The molecule has 3 nitrogen and oxygen atoms in total. The van der Waals surface area contributed by atoms with Crippen LogP contribution in [0.2, 0.25) is 0 Å². The molecule has 1 saturated heterocycles. The van der Waals surface area contributed by atoms with Gasteiger partial charge in [0.1, 0.15) is 0 Å². The first-order chi connectivity index (χ1) is 9.15. The minimum absolute atomic E-state index is 0.422. The summed E-state index contributed by atoms with van der Waals surface area (Å²) in [7, 11) is 0. The Morgan fingerprint density at radius 1 is 1.21 bits per heavy atom. The van der Waals surface area contributed by atoms with E-state index in [9.17, 15) is 0 Å². The summed E-state index contributed by atoms with van der Waals surface area (Å²) >= 11 is 0. The van der Waals surface area contributed by atoms with Crippen molar-refractivity contribution < 1.29 is 4.74 Å². The highest BCUT2D eigenvalue weighted by Crippen LogP contribution is 2.38. The van der Waals surface area contributed by atoms with Crippen molar-refractivity contribution in [1.29, 1.82) is 0 Å². The Kier molecular flexibility index (Phi) is 5.67. The first-order valence-electron chi connectivity index (χ1n) is 8.20. The van der Waals surface area contributed by atoms with E-state index in [0.717, 1.165) is 26.3 Å². The van der Waals surface area contributed by atoms with Crippen LogP contribution in [0, 0.1) is 5.41 Å². The molecule has 19 heavy (non-hydrogen) atoms. The quantitative estimate of drug-likeness (QED) is 0.848. The van der Waals surface area contributed by atoms with E-state index in [2.05, 4.69) is 31.0 Å². The predicted molar refractivity (Wildman–Crippen MR) is 80.5 cm³/mol. The van der Waals surface area contributed by atoms with Crippen LogP contribution in [0.25, 0.3) is 0 Å². The molecule has 1 N–H and O–H groups in total. The van der Waals surface area contributed by atoms with Crippen LogP contribution in [0.5, 0.6) is 0 Å². The van der Waals surface area contributed by atoms with Gasteiger partial charge < -0.3 is 10.1 Å². The van der Waals surface area contributed by atoms with E-state index in [4.69, 9.17) is 4.74 Å². The molecule has 1 aliphatic heterocycles. The van der Waals surface area contributed by atoms with E-state index in [1.807, 2.05) is 0 Å². The maximum absolute atomic E-state index is 5.62. The van der Waals surface area contributed by atoms with Crippen molar-refractivity contribution >= 4 is 0 Å². The highest BCUT2D eigenvalue weighted by Gasteiger charge is 2.40. The van der Waals surface area contributed by atoms with E-state index in [1.165, 1.54) is 38.6 Å². The lowest BCUT2D eigenvalue weighted by atomic mass is 9.70. The Morgan fingerprint density at radius 3 is 2.84 bits per heavy atom. The number of rotatable bonds is 4. The average Bonchev–Trinajstić information content (AvgIpc) is 2.65. The Labute approximate surface area is 119 Å². The second-order valence-electron chi connectivity index (χ2n) is 6.88. The molecule has 0 amide bonds. The third kappa shape index (κ3) is 3.93. The van der Waals surface area contributed by atoms with Crippen LogP contribution in [0.1, 0.15) is 52.9 Å². The highest BCUT2D eigenvalue weighted by atomic mass is 16.5. The topological polar surface area (TPSA) is 24.5 Å². The molecule has 0 aromatic heterocycles. The van der Waals surface area contributed by atoms with Crippen molar-refractivity contribution in [2.75, 3.05) is 32.8 Å². The van der Waals surface area contributed by atoms with Crippen molar-refractivity contribution in [1.82, 2.24) is 10.2 Å². The number of ether oxygens (including phenoxy) is 1. The summed E-state index contributed by atoms with van der Waals surface area (Å²) in [6.45, 7) is 12.5. The molecule has 2 unspecified atom stereocenters. The van der Waals surface area contributed by atoms with Crippen LogP contribution in [0.3, 0.4) is 0 Å². The van der Waals surface area contributed by atoms with Crippen LogP contribution in [-0.2, 0) is 4.74 Å². The van der Waals surface area contributed by atoms with Crippen LogP contribution >= 0.6 is 0 Å². The zero-order valence-electron chi connectivity index (χ0n) is 13.1.